The Morgan fingerprint density at radius 1 is 1.38 bits per heavy atom. The van der Waals surface area contributed by atoms with Crippen LogP contribution in [0.25, 0.3) is 0 Å². The van der Waals surface area contributed by atoms with Crippen LogP contribution < -0.4 is 22.5 Å². The summed E-state index contributed by atoms with van der Waals surface area (Å²) in [5.74, 6) is 0. The Bertz CT molecular complexity index is 352. The molecule has 1 aromatic rings. The molecular formula is C11H20N4O. The summed E-state index contributed by atoms with van der Waals surface area (Å²) in [7, 11) is 1.80. The predicted molar refractivity (Wildman–Crippen MR) is 68.1 cm³/mol. The Balaban J connectivity index is 2.70. The normalized spacial score (nSPS) is 12.4. The zero-order chi connectivity index (χ0) is 12.1. The van der Waals surface area contributed by atoms with E-state index in [4.69, 9.17) is 21.9 Å². The molecule has 16 heavy (non-hydrogen) atoms. The zero-order valence-corrected chi connectivity index (χ0v) is 9.79. The van der Waals surface area contributed by atoms with Crippen LogP contribution >= 0.6 is 0 Å². The van der Waals surface area contributed by atoms with Crippen molar-refractivity contribution in [3.05, 3.63) is 17.7 Å². The van der Waals surface area contributed by atoms with Crippen molar-refractivity contribution in [3.63, 3.8) is 0 Å². The van der Waals surface area contributed by atoms with E-state index in [9.17, 15) is 0 Å². The average Bonchev–Trinajstić information content (AvgIpc) is 2.22. The number of anilines is 3. The number of nitrogen functional groups attached to an aromatic ring is 2. The number of hydrogen-bond acceptors (Lipinski definition) is 5. The molecule has 0 bridgehead atoms. The number of ether oxygens (including phenoxy) is 1. The Morgan fingerprint density at radius 2 is 2.06 bits per heavy atom. The van der Waals surface area contributed by atoms with Gasteiger partial charge in [-0.1, -0.05) is 0 Å². The molecule has 5 nitrogen and oxygen atoms in total. The number of nitrogens with two attached hydrogens (primary N) is 3. The average molecular weight is 224 g/mol. The molecule has 0 fully saturated rings. The quantitative estimate of drug-likeness (QED) is 0.553. The highest BCUT2D eigenvalue weighted by atomic mass is 16.5. The number of rotatable bonds is 5. The highest BCUT2D eigenvalue weighted by Crippen LogP contribution is 2.27. The van der Waals surface area contributed by atoms with Gasteiger partial charge in [0.1, 0.15) is 0 Å². The van der Waals surface area contributed by atoms with Crippen molar-refractivity contribution in [2.75, 3.05) is 30.4 Å². The van der Waals surface area contributed by atoms with Crippen LogP contribution in [0.3, 0.4) is 0 Å². The summed E-state index contributed by atoms with van der Waals surface area (Å²) in [6.07, 6.45) is 0. The van der Waals surface area contributed by atoms with Crippen LogP contribution in [0.4, 0.5) is 17.1 Å². The summed E-state index contributed by atoms with van der Waals surface area (Å²) >= 11 is 0. The molecule has 90 valence electrons. The lowest BCUT2D eigenvalue weighted by atomic mass is 10.1. The Kier molecular flexibility index (Phi) is 4.39. The third-order valence-corrected chi connectivity index (χ3v) is 2.19. The van der Waals surface area contributed by atoms with E-state index in [1.54, 1.807) is 7.05 Å². The fourth-order valence-corrected chi connectivity index (χ4v) is 1.39. The van der Waals surface area contributed by atoms with Gasteiger partial charge in [0.15, 0.2) is 0 Å². The lowest BCUT2D eigenvalue weighted by Gasteiger charge is -2.12. The molecular weight excluding hydrogens is 204 g/mol. The second-order valence-corrected chi connectivity index (χ2v) is 3.89. The second-order valence-electron chi connectivity index (χ2n) is 3.89. The molecule has 0 spiro atoms. The summed E-state index contributed by atoms with van der Waals surface area (Å²) < 4.78 is 5.43. The van der Waals surface area contributed by atoms with Crippen molar-refractivity contribution in [2.24, 2.45) is 5.73 Å². The molecule has 0 aromatic heterocycles. The summed E-state index contributed by atoms with van der Waals surface area (Å²) in [6.45, 7) is 2.91. The minimum atomic E-state index is 0.0369. The maximum Gasteiger partial charge on any atom is 0.0783 e. The number of benzene rings is 1. The summed E-state index contributed by atoms with van der Waals surface area (Å²) in [4.78, 5) is 0. The second kappa shape index (κ2) is 5.58. The van der Waals surface area contributed by atoms with E-state index in [2.05, 4.69) is 5.32 Å². The molecule has 0 heterocycles. The van der Waals surface area contributed by atoms with Crippen LogP contribution in [0.2, 0.25) is 0 Å². The van der Waals surface area contributed by atoms with Gasteiger partial charge in [-0.15, -0.1) is 0 Å². The molecule has 1 rings (SSSR count). The van der Waals surface area contributed by atoms with Crippen LogP contribution in [0.1, 0.15) is 12.5 Å². The SMILES string of the molecule is CNc1cc(COC[C@@H](C)N)cc(N)c1N. The number of hydrogen-bond donors (Lipinski definition) is 4. The van der Waals surface area contributed by atoms with E-state index >= 15 is 0 Å². The van der Waals surface area contributed by atoms with Gasteiger partial charge in [-0.05, 0) is 24.6 Å². The van der Waals surface area contributed by atoms with Gasteiger partial charge in [-0.25, -0.2) is 0 Å². The summed E-state index contributed by atoms with van der Waals surface area (Å²) in [5, 5.41) is 2.99. The van der Waals surface area contributed by atoms with Gasteiger partial charge in [0.25, 0.3) is 0 Å². The van der Waals surface area contributed by atoms with Gasteiger partial charge in [0.2, 0.25) is 0 Å². The van der Waals surface area contributed by atoms with Gasteiger partial charge in [0.05, 0.1) is 30.3 Å². The summed E-state index contributed by atoms with van der Waals surface area (Å²) in [6, 6.07) is 3.78. The van der Waals surface area contributed by atoms with Crippen molar-refractivity contribution in [1.82, 2.24) is 0 Å². The van der Waals surface area contributed by atoms with E-state index in [1.165, 1.54) is 0 Å². The number of nitrogens with one attached hydrogen (secondary N) is 1. The van der Waals surface area contributed by atoms with Gasteiger partial charge in [-0.2, -0.15) is 0 Å². The Labute approximate surface area is 95.9 Å². The van der Waals surface area contributed by atoms with Crippen molar-refractivity contribution < 1.29 is 4.74 Å². The van der Waals surface area contributed by atoms with Crippen molar-refractivity contribution >= 4 is 17.1 Å². The zero-order valence-electron chi connectivity index (χ0n) is 9.79. The highest BCUT2D eigenvalue weighted by molar-refractivity contribution is 5.79. The minimum Gasteiger partial charge on any atom is -0.397 e. The molecule has 7 N–H and O–H groups in total. The fourth-order valence-electron chi connectivity index (χ4n) is 1.39. The first-order valence-electron chi connectivity index (χ1n) is 5.23. The largest absolute Gasteiger partial charge is 0.397 e. The van der Waals surface area contributed by atoms with E-state index < -0.39 is 0 Å². The van der Waals surface area contributed by atoms with Gasteiger partial charge >= 0.3 is 0 Å². The first kappa shape index (κ1) is 12.6. The highest BCUT2D eigenvalue weighted by Gasteiger charge is 2.05. The maximum absolute atomic E-state index is 5.79. The van der Waals surface area contributed by atoms with Crippen molar-refractivity contribution in [3.8, 4) is 0 Å². The van der Waals surface area contributed by atoms with Gasteiger partial charge < -0.3 is 27.3 Å². The van der Waals surface area contributed by atoms with E-state index in [0.717, 1.165) is 11.3 Å². The third kappa shape index (κ3) is 3.29. The molecule has 0 aliphatic heterocycles. The third-order valence-electron chi connectivity index (χ3n) is 2.19. The topological polar surface area (TPSA) is 99.3 Å². The lowest BCUT2D eigenvalue weighted by molar-refractivity contribution is 0.111. The van der Waals surface area contributed by atoms with Crippen LogP contribution in [-0.4, -0.2) is 19.7 Å². The molecule has 0 aliphatic rings. The molecule has 0 saturated carbocycles. The standard InChI is InChI=1S/C11H20N4O/c1-7(12)5-16-6-8-3-9(13)11(14)10(4-8)15-2/h3-4,7,15H,5-6,12-14H2,1-2H3/t7-/m1/s1. The molecule has 0 amide bonds. The van der Waals surface area contributed by atoms with Crippen molar-refractivity contribution in [2.45, 2.75) is 19.6 Å². The van der Waals surface area contributed by atoms with Gasteiger partial charge in [0, 0.05) is 13.1 Å². The molecule has 0 saturated heterocycles. The Morgan fingerprint density at radius 3 is 2.62 bits per heavy atom. The van der Waals surface area contributed by atoms with E-state index in [1.807, 2.05) is 19.1 Å². The fraction of sp³-hybridized carbons (Fsp3) is 0.455. The lowest BCUT2D eigenvalue weighted by Crippen LogP contribution is -2.21. The first-order valence-corrected chi connectivity index (χ1v) is 5.23. The monoisotopic (exact) mass is 224 g/mol. The molecule has 0 unspecified atom stereocenters. The predicted octanol–water partition coefficient (Wildman–Crippen LogP) is 0.757. The molecule has 1 atom stereocenters. The van der Waals surface area contributed by atoms with Crippen LogP contribution in [-0.2, 0) is 11.3 Å². The molecule has 1 aromatic carbocycles. The molecule has 5 heteroatoms. The smallest absolute Gasteiger partial charge is 0.0783 e. The van der Waals surface area contributed by atoms with Gasteiger partial charge in [-0.3, -0.25) is 0 Å². The Hall–Kier alpha value is -1.46. The van der Waals surface area contributed by atoms with E-state index in [-0.39, 0.29) is 6.04 Å². The van der Waals surface area contributed by atoms with E-state index in [0.29, 0.717) is 24.6 Å². The van der Waals surface area contributed by atoms with Crippen LogP contribution in [0.15, 0.2) is 12.1 Å². The molecule has 0 radical (unpaired) electrons. The summed E-state index contributed by atoms with van der Waals surface area (Å²) in [5.41, 5.74) is 20.1. The van der Waals surface area contributed by atoms with Crippen LogP contribution in [0.5, 0.6) is 0 Å². The maximum atomic E-state index is 5.79. The van der Waals surface area contributed by atoms with Crippen LogP contribution in [0, 0.1) is 0 Å². The molecule has 0 aliphatic carbocycles. The van der Waals surface area contributed by atoms with Crippen molar-refractivity contribution in [1.29, 1.82) is 0 Å². The first-order chi connectivity index (χ1) is 7.54. The minimum absolute atomic E-state index is 0.0369.